The number of hydrogen-bond donors (Lipinski definition) is 2. The lowest BCUT2D eigenvalue weighted by atomic mass is 9.94. The molecule has 1 aliphatic heterocycles. The summed E-state index contributed by atoms with van der Waals surface area (Å²) >= 11 is 0. The third kappa shape index (κ3) is 3.11. The number of likely N-dealkylation sites (tertiary alicyclic amines) is 1. The van der Waals surface area contributed by atoms with Crippen molar-refractivity contribution in [3.8, 4) is 0 Å². The summed E-state index contributed by atoms with van der Waals surface area (Å²) in [6.45, 7) is 2.90. The Balaban J connectivity index is 1.30. The van der Waals surface area contributed by atoms with Gasteiger partial charge >= 0.3 is 0 Å². The van der Waals surface area contributed by atoms with E-state index in [0.29, 0.717) is 6.42 Å². The van der Waals surface area contributed by atoms with Crippen LogP contribution in [0.25, 0.3) is 11.0 Å². The SMILES string of the molecule is Cc1ccc2nc([C@@H]3CCCN3C(=O)CCc3n[nH]c4c3CCCC4)[nH]c2c1. The van der Waals surface area contributed by atoms with Gasteiger partial charge in [-0.25, -0.2) is 4.98 Å². The third-order valence-corrected chi connectivity index (χ3v) is 6.26. The van der Waals surface area contributed by atoms with Gasteiger partial charge in [-0.15, -0.1) is 0 Å². The van der Waals surface area contributed by atoms with Crippen molar-refractivity contribution in [2.75, 3.05) is 6.54 Å². The van der Waals surface area contributed by atoms with Crippen molar-refractivity contribution < 1.29 is 4.79 Å². The van der Waals surface area contributed by atoms with Crippen molar-refractivity contribution in [2.45, 2.75) is 64.3 Å². The molecule has 3 aromatic rings. The van der Waals surface area contributed by atoms with E-state index >= 15 is 0 Å². The molecule has 2 aromatic heterocycles. The summed E-state index contributed by atoms with van der Waals surface area (Å²) in [6.07, 6.45) is 7.91. The van der Waals surface area contributed by atoms with Gasteiger partial charge in [0.05, 0.1) is 22.8 Å². The first-order chi connectivity index (χ1) is 13.7. The third-order valence-electron chi connectivity index (χ3n) is 6.26. The maximum Gasteiger partial charge on any atom is 0.223 e. The van der Waals surface area contributed by atoms with Gasteiger partial charge in [0.25, 0.3) is 0 Å². The molecular formula is C22H27N5O. The molecule has 0 bridgehead atoms. The number of nitrogens with one attached hydrogen (secondary N) is 2. The number of aromatic amines is 2. The van der Waals surface area contributed by atoms with Crippen LogP contribution in [0.4, 0.5) is 0 Å². The normalized spacial score (nSPS) is 19.3. The zero-order chi connectivity index (χ0) is 19.1. The molecule has 1 atom stereocenters. The van der Waals surface area contributed by atoms with Gasteiger partial charge in [-0.2, -0.15) is 5.10 Å². The Kier molecular flexibility index (Phi) is 4.41. The van der Waals surface area contributed by atoms with E-state index in [0.717, 1.165) is 61.2 Å². The van der Waals surface area contributed by atoms with Crippen LogP contribution in [0.3, 0.4) is 0 Å². The Morgan fingerprint density at radius 1 is 1.25 bits per heavy atom. The first-order valence-corrected chi connectivity index (χ1v) is 10.5. The zero-order valence-electron chi connectivity index (χ0n) is 16.4. The van der Waals surface area contributed by atoms with Crippen LogP contribution >= 0.6 is 0 Å². The Morgan fingerprint density at radius 2 is 2.14 bits per heavy atom. The summed E-state index contributed by atoms with van der Waals surface area (Å²) in [5.41, 5.74) is 6.98. The van der Waals surface area contributed by atoms with E-state index in [-0.39, 0.29) is 11.9 Å². The number of aromatic nitrogens is 4. The van der Waals surface area contributed by atoms with Crippen LogP contribution in [-0.4, -0.2) is 37.5 Å². The van der Waals surface area contributed by atoms with Gasteiger partial charge in [0.1, 0.15) is 5.82 Å². The number of aryl methyl sites for hydroxylation is 3. The van der Waals surface area contributed by atoms with Crippen LogP contribution in [-0.2, 0) is 24.1 Å². The molecule has 0 spiro atoms. The van der Waals surface area contributed by atoms with E-state index in [4.69, 9.17) is 4.98 Å². The second-order valence-corrected chi connectivity index (χ2v) is 8.22. The maximum absolute atomic E-state index is 13.0. The number of rotatable bonds is 4. The van der Waals surface area contributed by atoms with Crippen LogP contribution in [0.2, 0.25) is 0 Å². The molecule has 2 N–H and O–H groups in total. The average Bonchev–Trinajstić information content (AvgIpc) is 3.43. The number of imidazole rings is 1. The topological polar surface area (TPSA) is 77.7 Å². The first-order valence-electron chi connectivity index (χ1n) is 10.5. The van der Waals surface area contributed by atoms with Crippen molar-refractivity contribution in [2.24, 2.45) is 0 Å². The van der Waals surface area contributed by atoms with Gasteiger partial charge in [-0.1, -0.05) is 6.07 Å². The predicted molar refractivity (Wildman–Crippen MR) is 108 cm³/mol. The number of carbonyl (C=O) groups is 1. The molecule has 3 heterocycles. The molecule has 1 amide bonds. The highest BCUT2D eigenvalue weighted by molar-refractivity contribution is 5.78. The zero-order valence-corrected chi connectivity index (χ0v) is 16.4. The van der Waals surface area contributed by atoms with Crippen molar-refractivity contribution in [1.82, 2.24) is 25.1 Å². The van der Waals surface area contributed by atoms with Gasteiger partial charge in [-0.3, -0.25) is 9.89 Å². The molecule has 1 aromatic carbocycles. The predicted octanol–water partition coefficient (Wildman–Crippen LogP) is 3.77. The molecule has 6 nitrogen and oxygen atoms in total. The van der Waals surface area contributed by atoms with E-state index in [1.54, 1.807) is 0 Å². The van der Waals surface area contributed by atoms with E-state index in [2.05, 4.69) is 34.2 Å². The Bertz CT molecular complexity index is 1020. The Morgan fingerprint density at radius 3 is 3.07 bits per heavy atom. The molecule has 2 aliphatic rings. The van der Waals surface area contributed by atoms with Crippen molar-refractivity contribution >= 4 is 16.9 Å². The van der Waals surface area contributed by atoms with Gasteiger partial charge in [-0.05, 0) is 68.7 Å². The first kappa shape index (κ1) is 17.5. The summed E-state index contributed by atoms with van der Waals surface area (Å²) in [7, 11) is 0. The van der Waals surface area contributed by atoms with Gasteiger partial charge < -0.3 is 9.88 Å². The number of fused-ring (bicyclic) bond motifs is 2. The Labute approximate surface area is 164 Å². The van der Waals surface area contributed by atoms with Crippen molar-refractivity contribution in [1.29, 1.82) is 0 Å². The minimum atomic E-state index is 0.0632. The summed E-state index contributed by atoms with van der Waals surface area (Å²) in [5.74, 6) is 1.13. The summed E-state index contributed by atoms with van der Waals surface area (Å²) in [5, 5.41) is 7.68. The molecule has 146 valence electrons. The van der Waals surface area contributed by atoms with E-state index in [1.807, 2.05) is 11.0 Å². The van der Waals surface area contributed by atoms with Crippen molar-refractivity contribution in [3.05, 3.63) is 46.5 Å². The number of hydrogen-bond acceptors (Lipinski definition) is 3. The second-order valence-electron chi connectivity index (χ2n) is 8.22. The molecule has 0 saturated carbocycles. The monoisotopic (exact) mass is 377 g/mol. The number of benzene rings is 1. The van der Waals surface area contributed by atoms with Crippen LogP contribution in [0.1, 0.15) is 66.5 Å². The van der Waals surface area contributed by atoms with Gasteiger partial charge in [0.15, 0.2) is 0 Å². The lowest BCUT2D eigenvalue weighted by molar-refractivity contribution is -0.132. The fourth-order valence-electron chi connectivity index (χ4n) is 4.78. The van der Waals surface area contributed by atoms with Crippen LogP contribution in [0.15, 0.2) is 18.2 Å². The summed E-state index contributed by atoms with van der Waals surface area (Å²) < 4.78 is 0. The minimum Gasteiger partial charge on any atom is -0.340 e. The molecule has 1 saturated heterocycles. The highest BCUT2D eigenvalue weighted by Crippen LogP contribution is 2.32. The minimum absolute atomic E-state index is 0.0632. The number of amides is 1. The highest BCUT2D eigenvalue weighted by atomic mass is 16.2. The molecule has 1 fully saturated rings. The number of H-pyrrole nitrogens is 2. The smallest absolute Gasteiger partial charge is 0.223 e. The molecule has 5 rings (SSSR count). The summed E-state index contributed by atoms with van der Waals surface area (Å²) in [6, 6.07) is 6.31. The largest absolute Gasteiger partial charge is 0.340 e. The molecule has 28 heavy (non-hydrogen) atoms. The molecule has 1 aliphatic carbocycles. The van der Waals surface area contributed by atoms with Crippen molar-refractivity contribution in [3.63, 3.8) is 0 Å². The van der Waals surface area contributed by atoms with Crippen LogP contribution in [0, 0.1) is 6.92 Å². The number of nitrogens with zero attached hydrogens (tertiary/aromatic N) is 3. The second kappa shape index (κ2) is 7.08. The highest BCUT2D eigenvalue weighted by Gasteiger charge is 2.32. The standard InChI is InChI=1S/C22H27N5O/c1-14-8-9-18-19(13-14)24-22(23-18)20-7-4-12-27(20)21(28)11-10-17-15-5-2-3-6-16(15)25-26-17/h8-9,13,20H,2-7,10-12H2,1H3,(H,23,24)(H,25,26)/t20-/m0/s1. The molecular weight excluding hydrogens is 350 g/mol. The number of carbonyl (C=O) groups excluding carboxylic acids is 1. The fraction of sp³-hybridized carbons (Fsp3) is 0.500. The van der Waals surface area contributed by atoms with E-state index < -0.39 is 0 Å². The maximum atomic E-state index is 13.0. The van der Waals surface area contributed by atoms with E-state index in [1.165, 1.54) is 29.7 Å². The lowest BCUT2D eigenvalue weighted by Gasteiger charge is -2.23. The fourth-order valence-corrected chi connectivity index (χ4v) is 4.78. The average molecular weight is 377 g/mol. The van der Waals surface area contributed by atoms with Gasteiger partial charge in [0, 0.05) is 25.1 Å². The molecule has 0 unspecified atom stereocenters. The van der Waals surface area contributed by atoms with Gasteiger partial charge in [0.2, 0.25) is 5.91 Å². The molecule has 6 heteroatoms. The van der Waals surface area contributed by atoms with E-state index in [9.17, 15) is 4.79 Å². The Hall–Kier alpha value is -2.63. The van der Waals surface area contributed by atoms with Crippen LogP contribution < -0.4 is 0 Å². The summed E-state index contributed by atoms with van der Waals surface area (Å²) in [4.78, 5) is 23.2. The molecule has 0 radical (unpaired) electrons. The van der Waals surface area contributed by atoms with Crippen LogP contribution in [0.5, 0.6) is 0 Å². The quantitative estimate of drug-likeness (QED) is 0.726. The lowest BCUT2D eigenvalue weighted by Crippen LogP contribution is -2.31.